The van der Waals surface area contributed by atoms with Crippen LogP contribution in [0.5, 0.6) is 11.5 Å². The number of fused-ring (bicyclic) bond motifs is 2. The van der Waals surface area contributed by atoms with Gasteiger partial charge in [0.25, 0.3) is 0 Å². The van der Waals surface area contributed by atoms with Gasteiger partial charge in [-0.25, -0.2) is 9.97 Å². The maximum absolute atomic E-state index is 12.3. The highest BCUT2D eigenvalue weighted by Crippen LogP contribution is 2.34. The first-order valence-electron chi connectivity index (χ1n) is 8.31. The Hall–Kier alpha value is -2.80. The lowest BCUT2D eigenvalue weighted by atomic mass is 10.2. The molecule has 0 aliphatic carbocycles. The second-order valence-corrected chi connectivity index (χ2v) is 6.68. The standard InChI is InChI=1S/C19H17N3O3S/c1-2-17-21-14-6-4-3-5-13(14)19(22-17)26-10-18(23)20-12-7-8-15-16(9-12)25-11-24-15/h3-9H,2,10-11H2,1H3,(H,20,23). The van der Waals surface area contributed by atoms with E-state index >= 15 is 0 Å². The molecule has 26 heavy (non-hydrogen) atoms. The van der Waals surface area contributed by atoms with Crippen molar-refractivity contribution in [3.63, 3.8) is 0 Å². The van der Waals surface area contributed by atoms with Gasteiger partial charge in [0.05, 0.1) is 11.3 Å². The number of ether oxygens (including phenoxy) is 2. The number of carbonyl (C=O) groups excluding carboxylic acids is 1. The lowest BCUT2D eigenvalue weighted by molar-refractivity contribution is -0.113. The highest BCUT2D eigenvalue weighted by atomic mass is 32.2. The Balaban J connectivity index is 1.47. The van der Waals surface area contributed by atoms with E-state index in [-0.39, 0.29) is 18.5 Å². The number of carbonyl (C=O) groups is 1. The van der Waals surface area contributed by atoms with Crippen molar-refractivity contribution in [3.8, 4) is 11.5 Å². The van der Waals surface area contributed by atoms with Gasteiger partial charge in [0.2, 0.25) is 12.7 Å². The third-order valence-electron chi connectivity index (χ3n) is 3.93. The summed E-state index contributed by atoms with van der Waals surface area (Å²) in [6, 6.07) is 13.2. The molecular formula is C19H17N3O3S. The number of amides is 1. The molecule has 6 nitrogen and oxygen atoms in total. The second kappa shape index (κ2) is 7.21. The van der Waals surface area contributed by atoms with E-state index in [2.05, 4.69) is 15.3 Å². The van der Waals surface area contributed by atoms with E-state index in [9.17, 15) is 4.79 Å². The molecule has 3 aromatic rings. The molecule has 4 rings (SSSR count). The van der Waals surface area contributed by atoms with Gasteiger partial charge in [0.15, 0.2) is 11.5 Å². The number of benzene rings is 2. The molecule has 0 saturated carbocycles. The Bertz CT molecular complexity index is 977. The van der Waals surface area contributed by atoms with Crippen LogP contribution in [0.4, 0.5) is 5.69 Å². The number of hydrogen-bond donors (Lipinski definition) is 1. The van der Waals surface area contributed by atoms with Crippen molar-refractivity contribution in [3.05, 3.63) is 48.3 Å². The molecule has 2 aromatic carbocycles. The fourth-order valence-electron chi connectivity index (χ4n) is 2.67. The van der Waals surface area contributed by atoms with Gasteiger partial charge in [-0.05, 0) is 18.2 Å². The third kappa shape index (κ3) is 3.43. The minimum absolute atomic E-state index is 0.102. The summed E-state index contributed by atoms with van der Waals surface area (Å²) in [5, 5.41) is 4.67. The van der Waals surface area contributed by atoms with Gasteiger partial charge in [-0.2, -0.15) is 0 Å². The van der Waals surface area contributed by atoms with Gasteiger partial charge in [0.1, 0.15) is 10.9 Å². The summed E-state index contributed by atoms with van der Waals surface area (Å²) < 4.78 is 10.6. The van der Waals surface area contributed by atoms with Gasteiger partial charge < -0.3 is 14.8 Å². The van der Waals surface area contributed by atoms with Crippen molar-refractivity contribution in [1.82, 2.24) is 9.97 Å². The topological polar surface area (TPSA) is 73.3 Å². The quantitative estimate of drug-likeness (QED) is 0.548. The van der Waals surface area contributed by atoms with E-state index in [1.807, 2.05) is 31.2 Å². The largest absolute Gasteiger partial charge is 0.454 e. The Morgan fingerprint density at radius 1 is 1.15 bits per heavy atom. The Kier molecular flexibility index (Phi) is 4.62. The van der Waals surface area contributed by atoms with E-state index in [4.69, 9.17) is 9.47 Å². The number of anilines is 1. The number of aryl methyl sites for hydroxylation is 1. The Morgan fingerprint density at radius 2 is 2.00 bits per heavy atom. The van der Waals surface area contributed by atoms with Crippen LogP contribution in [0.3, 0.4) is 0 Å². The molecule has 0 unspecified atom stereocenters. The van der Waals surface area contributed by atoms with Crippen molar-refractivity contribution in [2.24, 2.45) is 0 Å². The summed E-state index contributed by atoms with van der Waals surface area (Å²) in [5.74, 6) is 2.28. The molecule has 0 atom stereocenters. The summed E-state index contributed by atoms with van der Waals surface area (Å²) in [7, 11) is 0. The van der Waals surface area contributed by atoms with E-state index in [0.717, 1.165) is 28.2 Å². The van der Waals surface area contributed by atoms with Crippen LogP contribution in [0.1, 0.15) is 12.7 Å². The zero-order chi connectivity index (χ0) is 17.9. The van der Waals surface area contributed by atoms with Crippen LogP contribution < -0.4 is 14.8 Å². The van der Waals surface area contributed by atoms with Crippen LogP contribution in [0, 0.1) is 0 Å². The van der Waals surface area contributed by atoms with Gasteiger partial charge in [-0.3, -0.25) is 4.79 Å². The molecule has 1 amide bonds. The van der Waals surface area contributed by atoms with Gasteiger partial charge in [0, 0.05) is 23.6 Å². The number of nitrogens with one attached hydrogen (secondary N) is 1. The van der Waals surface area contributed by atoms with Crippen LogP contribution in [-0.4, -0.2) is 28.4 Å². The summed E-state index contributed by atoms with van der Waals surface area (Å²) in [5.41, 5.74) is 1.58. The van der Waals surface area contributed by atoms with Crippen LogP contribution >= 0.6 is 11.8 Å². The van der Waals surface area contributed by atoms with Crippen LogP contribution in [0.2, 0.25) is 0 Å². The van der Waals surface area contributed by atoms with Crippen LogP contribution in [0.25, 0.3) is 10.9 Å². The molecule has 1 N–H and O–H groups in total. The maximum atomic E-state index is 12.3. The fraction of sp³-hybridized carbons (Fsp3) is 0.211. The number of thioether (sulfide) groups is 1. The first kappa shape index (κ1) is 16.7. The van der Waals surface area contributed by atoms with Crippen molar-refractivity contribution in [2.45, 2.75) is 18.4 Å². The summed E-state index contributed by atoms with van der Waals surface area (Å²) in [6.45, 7) is 2.23. The molecule has 1 aromatic heterocycles. The minimum Gasteiger partial charge on any atom is -0.454 e. The summed E-state index contributed by atoms with van der Waals surface area (Å²) >= 11 is 1.41. The zero-order valence-corrected chi connectivity index (χ0v) is 15.0. The monoisotopic (exact) mass is 367 g/mol. The lowest BCUT2D eigenvalue weighted by Gasteiger charge is -2.08. The SMILES string of the molecule is CCc1nc(SCC(=O)Nc2ccc3c(c2)OCO3)c2ccccc2n1. The molecule has 0 saturated heterocycles. The molecule has 132 valence electrons. The van der Waals surface area contributed by atoms with Gasteiger partial charge >= 0.3 is 0 Å². The normalized spacial score (nSPS) is 12.3. The molecule has 2 heterocycles. The lowest BCUT2D eigenvalue weighted by Crippen LogP contribution is -2.14. The van der Waals surface area contributed by atoms with E-state index in [1.54, 1.807) is 18.2 Å². The maximum Gasteiger partial charge on any atom is 0.234 e. The molecule has 0 radical (unpaired) electrons. The molecule has 1 aliphatic heterocycles. The highest BCUT2D eigenvalue weighted by molar-refractivity contribution is 8.00. The predicted molar refractivity (Wildman–Crippen MR) is 101 cm³/mol. The summed E-state index contributed by atoms with van der Waals surface area (Å²) in [4.78, 5) is 21.4. The first-order chi connectivity index (χ1) is 12.7. The molecule has 0 spiro atoms. The number of para-hydroxylation sites is 1. The summed E-state index contributed by atoms with van der Waals surface area (Å²) in [6.07, 6.45) is 0.752. The van der Waals surface area contributed by atoms with Crippen molar-refractivity contribution in [1.29, 1.82) is 0 Å². The smallest absolute Gasteiger partial charge is 0.234 e. The number of aromatic nitrogens is 2. The second-order valence-electron chi connectivity index (χ2n) is 5.72. The van der Waals surface area contributed by atoms with Gasteiger partial charge in [-0.1, -0.05) is 36.9 Å². The van der Waals surface area contributed by atoms with E-state index in [1.165, 1.54) is 11.8 Å². The van der Waals surface area contributed by atoms with Crippen LogP contribution in [0.15, 0.2) is 47.5 Å². The molecule has 7 heteroatoms. The highest BCUT2D eigenvalue weighted by Gasteiger charge is 2.15. The first-order valence-corrected chi connectivity index (χ1v) is 9.29. The van der Waals surface area contributed by atoms with Crippen molar-refractivity contribution in [2.75, 3.05) is 17.9 Å². The van der Waals surface area contributed by atoms with E-state index in [0.29, 0.717) is 17.2 Å². The molecule has 1 aliphatic rings. The number of hydrogen-bond acceptors (Lipinski definition) is 6. The number of nitrogens with zero attached hydrogens (tertiary/aromatic N) is 2. The average Bonchev–Trinajstić information content (AvgIpc) is 3.13. The van der Waals surface area contributed by atoms with Gasteiger partial charge in [-0.15, -0.1) is 0 Å². The van der Waals surface area contributed by atoms with E-state index < -0.39 is 0 Å². The fourth-order valence-corrected chi connectivity index (χ4v) is 3.50. The Morgan fingerprint density at radius 3 is 2.88 bits per heavy atom. The third-order valence-corrected chi connectivity index (χ3v) is 4.92. The Labute approximate surface area is 154 Å². The molecule has 0 fully saturated rings. The van der Waals surface area contributed by atoms with Crippen molar-refractivity contribution >= 4 is 34.3 Å². The van der Waals surface area contributed by atoms with Crippen LogP contribution in [-0.2, 0) is 11.2 Å². The van der Waals surface area contributed by atoms with Crippen molar-refractivity contribution < 1.29 is 14.3 Å². The molecular weight excluding hydrogens is 350 g/mol. The number of rotatable bonds is 5. The molecule has 0 bridgehead atoms. The predicted octanol–water partition coefficient (Wildman–Crippen LogP) is 3.65. The zero-order valence-electron chi connectivity index (χ0n) is 14.2. The minimum atomic E-state index is -0.102. The average molecular weight is 367 g/mol.